The molecule has 7 nitrogen and oxygen atoms in total. The molecule has 2 aliphatic heterocycles. The zero-order chi connectivity index (χ0) is 18.8. The largest absolute Gasteiger partial charge is 0.463 e. The summed E-state index contributed by atoms with van der Waals surface area (Å²) >= 11 is 7.34. The van der Waals surface area contributed by atoms with Gasteiger partial charge in [0.1, 0.15) is 11.7 Å². The highest BCUT2D eigenvalue weighted by Gasteiger charge is 2.46. The van der Waals surface area contributed by atoms with Crippen LogP contribution in [0, 0.1) is 10.1 Å². The Labute approximate surface area is 160 Å². The Morgan fingerprint density at radius 3 is 2.77 bits per heavy atom. The van der Waals surface area contributed by atoms with Crippen molar-refractivity contribution in [2.45, 2.75) is 19.3 Å². The molecule has 1 saturated heterocycles. The van der Waals surface area contributed by atoms with Crippen LogP contribution in [0.5, 0.6) is 0 Å². The highest BCUT2D eigenvalue weighted by Crippen LogP contribution is 2.46. The second kappa shape index (κ2) is 7.59. The predicted molar refractivity (Wildman–Crippen MR) is 99.8 cm³/mol. The van der Waals surface area contributed by atoms with Gasteiger partial charge in [0.05, 0.1) is 17.1 Å². The molecule has 0 amide bonds. The number of halogens is 1. The van der Waals surface area contributed by atoms with Crippen LogP contribution in [-0.4, -0.2) is 34.7 Å². The van der Waals surface area contributed by atoms with Crippen LogP contribution in [0.1, 0.15) is 24.8 Å². The van der Waals surface area contributed by atoms with Gasteiger partial charge in [-0.1, -0.05) is 23.7 Å². The molecule has 138 valence electrons. The van der Waals surface area contributed by atoms with E-state index in [0.717, 1.165) is 12.2 Å². The predicted octanol–water partition coefficient (Wildman–Crippen LogP) is 3.06. The SMILES string of the molecule is CCOC(=O)C1=C(N)N2CCCSC2=C([N+](=O)[O-])[C@@H]1c1ccc(Cl)cc1. The van der Waals surface area contributed by atoms with Crippen molar-refractivity contribution in [1.82, 2.24) is 4.90 Å². The summed E-state index contributed by atoms with van der Waals surface area (Å²) in [7, 11) is 0. The van der Waals surface area contributed by atoms with Gasteiger partial charge < -0.3 is 15.4 Å². The molecule has 26 heavy (non-hydrogen) atoms. The Morgan fingerprint density at radius 1 is 1.46 bits per heavy atom. The number of hydrogen-bond acceptors (Lipinski definition) is 7. The molecule has 9 heteroatoms. The van der Waals surface area contributed by atoms with E-state index in [-0.39, 0.29) is 23.7 Å². The van der Waals surface area contributed by atoms with Crippen LogP contribution in [0.2, 0.25) is 5.02 Å². The number of benzene rings is 1. The molecule has 1 fully saturated rings. The lowest BCUT2D eigenvalue weighted by Gasteiger charge is -2.37. The number of esters is 1. The maximum absolute atomic E-state index is 12.6. The summed E-state index contributed by atoms with van der Waals surface area (Å²) in [5, 5.41) is 13.0. The highest BCUT2D eigenvalue weighted by atomic mass is 35.5. The molecule has 1 atom stereocenters. The molecule has 0 spiro atoms. The number of fused-ring (bicyclic) bond motifs is 1. The molecule has 2 aliphatic rings. The first kappa shape index (κ1) is 18.6. The molecule has 0 saturated carbocycles. The zero-order valence-corrected chi connectivity index (χ0v) is 15.7. The number of carbonyl (C=O) groups is 1. The molecule has 0 aromatic heterocycles. The van der Waals surface area contributed by atoms with Crippen LogP contribution >= 0.6 is 23.4 Å². The minimum Gasteiger partial charge on any atom is -0.463 e. The van der Waals surface area contributed by atoms with Crippen molar-refractivity contribution in [2.75, 3.05) is 18.9 Å². The third kappa shape index (κ3) is 3.26. The van der Waals surface area contributed by atoms with Crippen molar-refractivity contribution in [3.8, 4) is 0 Å². The van der Waals surface area contributed by atoms with Crippen LogP contribution in [-0.2, 0) is 9.53 Å². The van der Waals surface area contributed by atoms with Crippen LogP contribution in [0.15, 0.2) is 46.4 Å². The molecule has 0 radical (unpaired) electrons. The van der Waals surface area contributed by atoms with E-state index in [2.05, 4.69) is 0 Å². The Balaban J connectivity index is 2.22. The topological polar surface area (TPSA) is 98.7 Å². The van der Waals surface area contributed by atoms with Gasteiger partial charge in [0.25, 0.3) is 5.70 Å². The van der Waals surface area contributed by atoms with Gasteiger partial charge in [0.2, 0.25) is 0 Å². The van der Waals surface area contributed by atoms with E-state index < -0.39 is 16.8 Å². The van der Waals surface area contributed by atoms with E-state index in [4.69, 9.17) is 22.1 Å². The van der Waals surface area contributed by atoms with Crippen molar-refractivity contribution in [2.24, 2.45) is 5.73 Å². The van der Waals surface area contributed by atoms with Crippen LogP contribution < -0.4 is 5.73 Å². The minimum absolute atomic E-state index is 0.0470. The maximum atomic E-state index is 12.6. The van der Waals surface area contributed by atoms with Crippen molar-refractivity contribution in [3.63, 3.8) is 0 Å². The summed E-state index contributed by atoms with van der Waals surface area (Å²) in [4.78, 5) is 25.8. The minimum atomic E-state index is -0.904. The normalized spacial score (nSPS) is 20.1. The summed E-state index contributed by atoms with van der Waals surface area (Å²) < 4.78 is 5.15. The number of rotatable bonds is 4. The van der Waals surface area contributed by atoms with E-state index in [9.17, 15) is 14.9 Å². The third-order valence-electron chi connectivity index (χ3n) is 4.25. The number of ether oxygens (including phenoxy) is 1. The quantitative estimate of drug-likeness (QED) is 0.475. The van der Waals surface area contributed by atoms with Crippen LogP contribution in [0.4, 0.5) is 0 Å². The molecule has 0 bridgehead atoms. The lowest BCUT2D eigenvalue weighted by Crippen LogP contribution is -2.40. The second-order valence-corrected chi connectivity index (χ2v) is 7.33. The number of hydrogen-bond donors (Lipinski definition) is 1. The molecule has 2 N–H and O–H groups in total. The first-order valence-electron chi connectivity index (χ1n) is 8.16. The molecule has 2 heterocycles. The van der Waals surface area contributed by atoms with Crippen molar-refractivity contribution >= 4 is 29.3 Å². The van der Waals surface area contributed by atoms with Gasteiger partial charge in [0, 0.05) is 17.3 Å². The fourth-order valence-electron chi connectivity index (χ4n) is 3.16. The Morgan fingerprint density at radius 2 is 2.15 bits per heavy atom. The van der Waals surface area contributed by atoms with E-state index in [1.165, 1.54) is 11.8 Å². The van der Waals surface area contributed by atoms with Gasteiger partial charge in [-0.15, -0.1) is 11.8 Å². The number of carbonyl (C=O) groups excluding carboxylic acids is 1. The summed E-state index contributed by atoms with van der Waals surface area (Å²) in [6.07, 6.45) is 0.821. The monoisotopic (exact) mass is 395 g/mol. The lowest BCUT2D eigenvalue weighted by atomic mass is 9.86. The van der Waals surface area contributed by atoms with E-state index in [0.29, 0.717) is 22.2 Å². The van der Waals surface area contributed by atoms with Gasteiger partial charge in [-0.05, 0) is 31.0 Å². The number of nitrogens with two attached hydrogens (primary N) is 1. The average molecular weight is 396 g/mol. The standard InChI is InChI=1S/C17H18ClN3O4S/c1-2-25-17(22)13-12(10-4-6-11(18)7-5-10)14(21(23)24)16-20(15(13)19)8-3-9-26-16/h4-7,12H,2-3,8-9,19H2,1H3/t12-/m1/s1. The van der Waals surface area contributed by atoms with Gasteiger partial charge in [-0.25, -0.2) is 4.79 Å². The molecule has 3 rings (SSSR count). The molecule has 0 unspecified atom stereocenters. The first-order chi connectivity index (χ1) is 12.5. The van der Waals surface area contributed by atoms with E-state index in [1.54, 1.807) is 36.1 Å². The summed E-state index contributed by atoms with van der Waals surface area (Å²) in [5.74, 6) is -0.563. The molecule has 0 aliphatic carbocycles. The molecular weight excluding hydrogens is 378 g/mol. The average Bonchev–Trinajstić information content (AvgIpc) is 2.62. The number of allylic oxidation sites excluding steroid dienone is 1. The third-order valence-corrected chi connectivity index (χ3v) is 5.70. The summed E-state index contributed by atoms with van der Waals surface area (Å²) in [6, 6.07) is 6.62. The van der Waals surface area contributed by atoms with Crippen molar-refractivity contribution in [3.05, 3.63) is 67.1 Å². The highest BCUT2D eigenvalue weighted by molar-refractivity contribution is 8.03. The van der Waals surface area contributed by atoms with Gasteiger partial charge >= 0.3 is 5.97 Å². The zero-order valence-electron chi connectivity index (χ0n) is 14.1. The van der Waals surface area contributed by atoms with Gasteiger partial charge in [-0.2, -0.15) is 0 Å². The van der Waals surface area contributed by atoms with Crippen molar-refractivity contribution < 1.29 is 14.5 Å². The van der Waals surface area contributed by atoms with Crippen molar-refractivity contribution in [1.29, 1.82) is 0 Å². The number of nitro groups is 1. The van der Waals surface area contributed by atoms with E-state index in [1.807, 2.05) is 0 Å². The first-order valence-corrected chi connectivity index (χ1v) is 9.53. The number of thioether (sulfide) groups is 1. The maximum Gasteiger partial charge on any atom is 0.338 e. The smallest absolute Gasteiger partial charge is 0.338 e. The Kier molecular flexibility index (Phi) is 5.43. The van der Waals surface area contributed by atoms with Gasteiger partial charge in [-0.3, -0.25) is 10.1 Å². The molecule has 1 aromatic rings. The van der Waals surface area contributed by atoms with Crippen LogP contribution in [0.25, 0.3) is 0 Å². The van der Waals surface area contributed by atoms with Gasteiger partial charge in [0.15, 0.2) is 5.03 Å². The fourth-order valence-corrected chi connectivity index (χ4v) is 4.44. The van der Waals surface area contributed by atoms with Crippen LogP contribution in [0.3, 0.4) is 0 Å². The number of nitrogens with zero attached hydrogens (tertiary/aromatic N) is 2. The second-order valence-electron chi connectivity index (χ2n) is 5.81. The fraction of sp³-hybridized carbons (Fsp3) is 0.353. The Hall–Kier alpha value is -2.19. The molecular formula is C17H18ClN3O4S. The Bertz CT molecular complexity index is 807. The summed E-state index contributed by atoms with van der Waals surface area (Å²) in [5.41, 5.74) is 6.92. The molecule has 1 aromatic carbocycles. The van der Waals surface area contributed by atoms with E-state index >= 15 is 0 Å². The lowest BCUT2D eigenvalue weighted by molar-refractivity contribution is -0.431. The summed E-state index contributed by atoms with van der Waals surface area (Å²) in [6.45, 7) is 2.37.